The highest BCUT2D eigenvalue weighted by Gasteiger charge is 2.37. The van der Waals surface area contributed by atoms with Crippen molar-refractivity contribution in [3.63, 3.8) is 0 Å². The lowest BCUT2D eigenvalue weighted by molar-refractivity contribution is -0.125. The Balaban J connectivity index is 2.10. The molecule has 1 unspecified atom stereocenters. The maximum absolute atomic E-state index is 13.1. The van der Waals surface area contributed by atoms with E-state index in [9.17, 15) is 18.0 Å². The van der Waals surface area contributed by atoms with Gasteiger partial charge in [0.2, 0.25) is 15.9 Å². The summed E-state index contributed by atoms with van der Waals surface area (Å²) < 4.78 is 27.4. The van der Waals surface area contributed by atoms with Crippen LogP contribution in [0.15, 0.2) is 29.2 Å². The number of rotatable bonds is 9. The molecule has 6 nitrogen and oxygen atoms in total. The van der Waals surface area contributed by atoms with E-state index >= 15 is 0 Å². The Morgan fingerprint density at radius 1 is 1.11 bits per heavy atom. The number of hydrogen-bond acceptors (Lipinski definition) is 4. The molecule has 1 atom stereocenters. The number of ketones is 1. The number of nitrogens with zero attached hydrogens (tertiary/aromatic N) is 1. The Labute approximate surface area is 162 Å². The van der Waals surface area contributed by atoms with Crippen molar-refractivity contribution in [3.8, 4) is 0 Å². The monoisotopic (exact) mass is 394 g/mol. The molecule has 0 spiro atoms. The summed E-state index contributed by atoms with van der Waals surface area (Å²) in [5, 5.41) is 2.90. The lowest BCUT2D eigenvalue weighted by Crippen LogP contribution is -2.51. The number of piperidine rings is 1. The lowest BCUT2D eigenvalue weighted by atomic mass is 10.0. The molecule has 7 heteroatoms. The highest BCUT2D eigenvalue weighted by Crippen LogP contribution is 2.26. The predicted molar refractivity (Wildman–Crippen MR) is 105 cm³/mol. The minimum atomic E-state index is -3.78. The SMILES string of the molecule is CCCCCCNC(=O)C1CCCCN1S(=O)(=O)c1ccc(C(C)=O)cc1. The van der Waals surface area contributed by atoms with E-state index in [-0.39, 0.29) is 16.6 Å². The van der Waals surface area contributed by atoms with Crippen molar-refractivity contribution in [1.29, 1.82) is 0 Å². The molecule has 0 aliphatic carbocycles. The van der Waals surface area contributed by atoms with Crippen LogP contribution in [0.25, 0.3) is 0 Å². The topological polar surface area (TPSA) is 83.6 Å². The molecule has 0 radical (unpaired) electrons. The summed E-state index contributed by atoms with van der Waals surface area (Å²) in [6.07, 6.45) is 6.35. The number of Topliss-reactive ketones (excluding diaryl/α,β-unsaturated/α-hetero) is 1. The minimum Gasteiger partial charge on any atom is -0.355 e. The van der Waals surface area contributed by atoms with Gasteiger partial charge in [0.15, 0.2) is 5.78 Å². The molecule has 1 amide bonds. The molecule has 1 saturated heterocycles. The van der Waals surface area contributed by atoms with Crippen molar-refractivity contribution in [2.75, 3.05) is 13.1 Å². The van der Waals surface area contributed by atoms with E-state index in [0.717, 1.165) is 38.5 Å². The van der Waals surface area contributed by atoms with Gasteiger partial charge in [-0.25, -0.2) is 8.42 Å². The lowest BCUT2D eigenvalue weighted by Gasteiger charge is -2.33. The van der Waals surface area contributed by atoms with Gasteiger partial charge >= 0.3 is 0 Å². The Hall–Kier alpha value is -1.73. The number of benzene rings is 1. The largest absolute Gasteiger partial charge is 0.355 e. The van der Waals surface area contributed by atoms with Gasteiger partial charge in [0, 0.05) is 18.7 Å². The van der Waals surface area contributed by atoms with Crippen LogP contribution in [0.3, 0.4) is 0 Å². The fourth-order valence-corrected chi connectivity index (χ4v) is 4.99. The van der Waals surface area contributed by atoms with Gasteiger partial charge in [-0.1, -0.05) is 44.7 Å². The molecule has 0 aromatic heterocycles. The van der Waals surface area contributed by atoms with Crippen molar-refractivity contribution < 1.29 is 18.0 Å². The van der Waals surface area contributed by atoms with Gasteiger partial charge in [0.1, 0.15) is 6.04 Å². The van der Waals surface area contributed by atoms with Crippen LogP contribution in [0.5, 0.6) is 0 Å². The summed E-state index contributed by atoms with van der Waals surface area (Å²) in [5.41, 5.74) is 0.467. The van der Waals surface area contributed by atoms with Crippen LogP contribution in [0.1, 0.15) is 69.2 Å². The molecule has 1 N–H and O–H groups in total. The third-order valence-corrected chi connectivity index (χ3v) is 6.88. The summed E-state index contributed by atoms with van der Waals surface area (Å²) in [7, 11) is -3.78. The van der Waals surface area contributed by atoms with Gasteiger partial charge < -0.3 is 5.32 Å². The van der Waals surface area contributed by atoms with E-state index in [2.05, 4.69) is 12.2 Å². The normalized spacial score (nSPS) is 18.2. The van der Waals surface area contributed by atoms with Crippen LogP contribution in [0.4, 0.5) is 0 Å². The molecule has 2 rings (SSSR count). The van der Waals surface area contributed by atoms with Gasteiger partial charge in [-0.3, -0.25) is 9.59 Å². The van der Waals surface area contributed by atoms with Crippen molar-refractivity contribution >= 4 is 21.7 Å². The molecule has 27 heavy (non-hydrogen) atoms. The molecule has 150 valence electrons. The van der Waals surface area contributed by atoms with Crippen LogP contribution in [0, 0.1) is 0 Å². The second kappa shape index (κ2) is 9.99. The highest BCUT2D eigenvalue weighted by atomic mass is 32.2. The molecule has 1 heterocycles. The summed E-state index contributed by atoms with van der Waals surface area (Å²) in [5.74, 6) is -0.327. The molecular weight excluding hydrogens is 364 g/mol. The average Bonchev–Trinajstić information content (AvgIpc) is 2.67. The first kappa shape index (κ1) is 21.6. The number of hydrogen-bond donors (Lipinski definition) is 1. The molecule has 0 saturated carbocycles. The number of carbonyl (C=O) groups excluding carboxylic acids is 2. The number of nitrogens with one attached hydrogen (secondary N) is 1. The Morgan fingerprint density at radius 3 is 2.44 bits per heavy atom. The van der Waals surface area contributed by atoms with E-state index in [1.165, 1.54) is 35.5 Å². The third-order valence-electron chi connectivity index (χ3n) is 4.95. The van der Waals surface area contributed by atoms with Crippen LogP contribution in [0.2, 0.25) is 0 Å². The Kier molecular flexibility index (Phi) is 7.98. The fraction of sp³-hybridized carbons (Fsp3) is 0.600. The number of carbonyl (C=O) groups is 2. The smallest absolute Gasteiger partial charge is 0.243 e. The van der Waals surface area contributed by atoms with Gasteiger partial charge in [-0.2, -0.15) is 4.31 Å². The third kappa shape index (κ3) is 5.62. The number of sulfonamides is 1. The Morgan fingerprint density at radius 2 is 1.81 bits per heavy atom. The van der Waals surface area contributed by atoms with Crippen molar-refractivity contribution in [1.82, 2.24) is 9.62 Å². The molecular formula is C20H30N2O4S. The van der Waals surface area contributed by atoms with Gasteiger partial charge in [-0.15, -0.1) is 0 Å². The predicted octanol–water partition coefficient (Wildman–Crippen LogP) is 3.13. The van der Waals surface area contributed by atoms with E-state index < -0.39 is 16.1 Å². The maximum Gasteiger partial charge on any atom is 0.243 e. The molecule has 1 aliphatic heterocycles. The van der Waals surface area contributed by atoms with Crippen LogP contribution in [-0.2, 0) is 14.8 Å². The van der Waals surface area contributed by atoms with Crippen LogP contribution < -0.4 is 5.32 Å². The van der Waals surface area contributed by atoms with Gasteiger partial charge in [0.05, 0.1) is 4.90 Å². The van der Waals surface area contributed by atoms with E-state index in [0.29, 0.717) is 25.1 Å². The summed E-state index contributed by atoms with van der Waals surface area (Å²) in [6.45, 7) is 4.49. The number of amides is 1. The summed E-state index contributed by atoms with van der Waals surface area (Å²) >= 11 is 0. The highest BCUT2D eigenvalue weighted by molar-refractivity contribution is 7.89. The van der Waals surface area contributed by atoms with Gasteiger partial charge in [-0.05, 0) is 38.3 Å². The molecule has 1 aromatic rings. The molecule has 1 fully saturated rings. The Bertz CT molecular complexity index is 744. The van der Waals surface area contributed by atoms with Crippen LogP contribution in [-0.4, -0.2) is 43.5 Å². The summed E-state index contributed by atoms with van der Waals surface area (Å²) in [4.78, 5) is 24.1. The van der Waals surface area contributed by atoms with E-state index in [1.54, 1.807) is 0 Å². The zero-order valence-corrected chi connectivity index (χ0v) is 17.1. The maximum atomic E-state index is 13.1. The zero-order chi connectivity index (χ0) is 19.9. The zero-order valence-electron chi connectivity index (χ0n) is 16.2. The summed E-state index contributed by atoms with van der Waals surface area (Å²) in [6, 6.07) is 5.26. The van der Waals surface area contributed by atoms with Crippen LogP contribution >= 0.6 is 0 Å². The molecule has 1 aliphatic rings. The van der Waals surface area contributed by atoms with Crippen molar-refractivity contribution in [2.45, 2.75) is 69.7 Å². The molecule has 0 bridgehead atoms. The first-order chi connectivity index (χ1) is 12.9. The second-order valence-electron chi connectivity index (χ2n) is 7.06. The first-order valence-corrected chi connectivity index (χ1v) is 11.2. The standard InChI is InChI=1S/C20H30N2O4S/c1-3-4-5-7-14-21-20(24)19-9-6-8-15-22(19)27(25,26)18-12-10-17(11-13-18)16(2)23/h10-13,19H,3-9,14-15H2,1-2H3,(H,21,24). The van der Waals surface area contributed by atoms with E-state index in [1.807, 2.05) is 0 Å². The first-order valence-electron chi connectivity index (χ1n) is 9.78. The van der Waals surface area contributed by atoms with Crippen molar-refractivity contribution in [2.24, 2.45) is 0 Å². The molecule has 1 aromatic carbocycles. The average molecular weight is 395 g/mol. The quantitative estimate of drug-likeness (QED) is 0.515. The number of unbranched alkanes of at least 4 members (excludes halogenated alkanes) is 3. The van der Waals surface area contributed by atoms with E-state index in [4.69, 9.17) is 0 Å². The minimum absolute atomic E-state index is 0.114. The second-order valence-corrected chi connectivity index (χ2v) is 8.95. The van der Waals surface area contributed by atoms with Crippen molar-refractivity contribution in [3.05, 3.63) is 29.8 Å². The fourth-order valence-electron chi connectivity index (χ4n) is 3.33. The van der Waals surface area contributed by atoms with Gasteiger partial charge in [0.25, 0.3) is 0 Å².